The number of aryl methyl sites for hydroxylation is 1. The highest BCUT2D eigenvalue weighted by Gasteiger charge is 2.27. The Kier molecular flexibility index (Phi) is 5.82. The minimum Gasteiger partial charge on any atom is -0.423 e. The predicted molar refractivity (Wildman–Crippen MR) is 121 cm³/mol. The zero-order valence-electron chi connectivity index (χ0n) is 17.8. The van der Waals surface area contributed by atoms with E-state index in [4.69, 9.17) is 9.47 Å². The molecule has 33 heavy (non-hydrogen) atoms. The lowest BCUT2D eigenvalue weighted by atomic mass is 10.1. The van der Waals surface area contributed by atoms with Gasteiger partial charge in [0.15, 0.2) is 5.70 Å². The number of hydrogen-bond acceptors (Lipinski definition) is 7. The Morgan fingerprint density at radius 3 is 2.45 bits per heavy atom. The molecule has 4 rings (SSSR count). The molecular formula is C25H18N2O6. The first-order chi connectivity index (χ1) is 15.8. The Morgan fingerprint density at radius 2 is 1.76 bits per heavy atom. The Hall–Kier alpha value is -4.59. The minimum atomic E-state index is -0.661. The molecule has 0 unspecified atom stereocenters. The largest absolute Gasteiger partial charge is 0.423 e. The number of nitro groups is 1. The van der Waals surface area contributed by atoms with E-state index in [0.717, 1.165) is 5.56 Å². The van der Waals surface area contributed by atoms with Crippen LogP contribution < -0.4 is 4.74 Å². The summed E-state index contributed by atoms with van der Waals surface area (Å²) >= 11 is 0. The van der Waals surface area contributed by atoms with Gasteiger partial charge in [-0.3, -0.25) is 10.1 Å². The normalized spacial score (nSPS) is 14.1. The van der Waals surface area contributed by atoms with Gasteiger partial charge in [-0.1, -0.05) is 36.4 Å². The van der Waals surface area contributed by atoms with Crippen molar-refractivity contribution in [3.05, 3.63) is 110 Å². The Bertz CT molecular complexity index is 1340. The van der Waals surface area contributed by atoms with E-state index in [1.165, 1.54) is 18.2 Å². The first kappa shape index (κ1) is 21.6. The molecule has 3 aromatic rings. The van der Waals surface area contributed by atoms with Gasteiger partial charge in [-0.15, -0.1) is 0 Å². The first-order valence-corrected chi connectivity index (χ1v) is 9.98. The van der Waals surface area contributed by atoms with Crippen molar-refractivity contribution in [2.24, 2.45) is 4.99 Å². The molecule has 8 heteroatoms. The first-order valence-electron chi connectivity index (χ1n) is 9.98. The maximum atomic E-state index is 12.4. The summed E-state index contributed by atoms with van der Waals surface area (Å²) in [6.45, 7) is 3.40. The van der Waals surface area contributed by atoms with Crippen LogP contribution >= 0.6 is 0 Å². The van der Waals surface area contributed by atoms with Crippen molar-refractivity contribution < 1.29 is 24.0 Å². The van der Waals surface area contributed by atoms with E-state index in [9.17, 15) is 19.7 Å². The lowest BCUT2D eigenvalue weighted by Crippen LogP contribution is -2.09. The third-order valence-electron chi connectivity index (χ3n) is 5.11. The number of nitrogens with zero attached hydrogens (tertiary/aromatic N) is 2. The summed E-state index contributed by atoms with van der Waals surface area (Å²) in [5.41, 5.74) is 2.64. The maximum absolute atomic E-state index is 12.4. The highest BCUT2D eigenvalue weighted by molar-refractivity contribution is 6.13. The number of carbonyl (C=O) groups is 2. The smallest absolute Gasteiger partial charge is 0.363 e. The van der Waals surface area contributed by atoms with Crippen LogP contribution in [0.15, 0.2) is 77.4 Å². The van der Waals surface area contributed by atoms with Crippen molar-refractivity contribution in [2.45, 2.75) is 13.8 Å². The third kappa shape index (κ3) is 4.54. The number of aliphatic imine (C=N–C) groups is 1. The van der Waals surface area contributed by atoms with Crippen LogP contribution in [0.4, 0.5) is 5.69 Å². The van der Waals surface area contributed by atoms with Crippen LogP contribution in [0.5, 0.6) is 5.75 Å². The van der Waals surface area contributed by atoms with Crippen molar-refractivity contribution in [3.63, 3.8) is 0 Å². The molecule has 0 radical (unpaired) electrons. The molecule has 0 saturated carbocycles. The van der Waals surface area contributed by atoms with Gasteiger partial charge < -0.3 is 9.47 Å². The van der Waals surface area contributed by atoms with E-state index >= 15 is 0 Å². The number of cyclic esters (lactones) is 1. The Balaban J connectivity index is 1.54. The molecule has 0 N–H and O–H groups in total. The summed E-state index contributed by atoms with van der Waals surface area (Å²) in [6.07, 6.45) is 1.52. The molecule has 0 aliphatic carbocycles. The Labute approximate surface area is 189 Å². The van der Waals surface area contributed by atoms with Crippen LogP contribution in [-0.4, -0.2) is 22.8 Å². The molecule has 0 aromatic heterocycles. The highest BCUT2D eigenvalue weighted by Crippen LogP contribution is 2.26. The summed E-state index contributed by atoms with van der Waals surface area (Å²) in [7, 11) is 0. The molecule has 3 aromatic carbocycles. The molecule has 1 aliphatic rings. The second kappa shape index (κ2) is 8.88. The van der Waals surface area contributed by atoms with Crippen molar-refractivity contribution in [1.82, 2.24) is 0 Å². The number of esters is 2. The number of nitro benzene ring substituents is 1. The molecule has 164 valence electrons. The van der Waals surface area contributed by atoms with Crippen molar-refractivity contribution in [3.8, 4) is 5.75 Å². The average Bonchev–Trinajstić information content (AvgIpc) is 3.15. The van der Waals surface area contributed by atoms with Crippen molar-refractivity contribution in [2.75, 3.05) is 0 Å². The SMILES string of the molecule is Cc1ccccc1C(=O)Oc1ccc(/C=C2\N=C(c3cccc([N+](=O)[O-])c3C)OC2=O)cc1. The number of hydrogen-bond donors (Lipinski definition) is 0. The predicted octanol–water partition coefficient (Wildman–Crippen LogP) is 4.78. The molecule has 0 bridgehead atoms. The number of ether oxygens (including phenoxy) is 2. The quantitative estimate of drug-likeness (QED) is 0.185. The van der Waals surface area contributed by atoms with Gasteiger partial charge in [-0.25, -0.2) is 14.6 Å². The second-order valence-electron chi connectivity index (χ2n) is 7.32. The standard InChI is InChI=1S/C25H18N2O6/c1-15-6-3-4-7-19(15)24(28)32-18-12-10-17(11-13-18)14-21-25(29)33-23(26-21)20-8-5-9-22(16(20)2)27(30)31/h3-14H,1-2H3/b21-14-. The summed E-state index contributed by atoms with van der Waals surface area (Å²) in [5, 5.41) is 11.2. The number of carbonyl (C=O) groups excluding carboxylic acids is 2. The lowest BCUT2D eigenvalue weighted by molar-refractivity contribution is -0.385. The van der Waals surface area contributed by atoms with Crippen LogP contribution in [-0.2, 0) is 9.53 Å². The average molecular weight is 442 g/mol. The van der Waals surface area contributed by atoms with Gasteiger partial charge in [0.2, 0.25) is 5.90 Å². The molecule has 1 heterocycles. The molecule has 1 aliphatic heterocycles. The molecule has 0 amide bonds. The van der Waals surface area contributed by atoms with Crippen molar-refractivity contribution in [1.29, 1.82) is 0 Å². The van der Waals surface area contributed by atoms with Crippen molar-refractivity contribution >= 4 is 29.6 Å². The topological polar surface area (TPSA) is 108 Å². The second-order valence-corrected chi connectivity index (χ2v) is 7.32. The van der Waals surface area contributed by atoms with E-state index < -0.39 is 16.9 Å². The summed E-state index contributed by atoms with van der Waals surface area (Å²) in [4.78, 5) is 39.5. The molecule has 0 atom stereocenters. The van der Waals surface area contributed by atoms with E-state index in [-0.39, 0.29) is 17.3 Å². The summed E-state index contributed by atoms with van der Waals surface area (Å²) in [5.74, 6) is -0.752. The minimum absolute atomic E-state index is 0.0104. The maximum Gasteiger partial charge on any atom is 0.363 e. The van der Waals surface area contributed by atoms with E-state index in [2.05, 4.69) is 4.99 Å². The van der Waals surface area contributed by atoms with Gasteiger partial charge in [0, 0.05) is 17.2 Å². The highest BCUT2D eigenvalue weighted by atomic mass is 16.6. The molecule has 8 nitrogen and oxygen atoms in total. The fourth-order valence-electron chi connectivity index (χ4n) is 3.33. The van der Waals surface area contributed by atoms with Crippen LogP contribution in [0.2, 0.25) is 0 Å². The van der Waals surface area contributed by atoms with Gasteiger partial charge in [-0.2, -0.15) is 0 Å². The third-order valence-corrected chi connectivity index (χ3v) is 5.11. The van der Waals surface area contributed by atoms with Crippen LogP contribution in [0.1, 0.15) is 32.6 Å². The van der Waals surface area contributed by atoms with Gasteiger partial charge >= 0.3 is 11.9 Å². The van der Waals surface area contributed by atoms with Crippen LogP contribution in [0, 0.1) is 24.0 Å². The lowest BCUT2D eigenvalue weighted by Gasteiger charge is -2.06. The van der Waals surface area contributed by atoms with Gasteiger partial charge in [-0.05, 0) is 55.3 Å². The summed E-state index contributed by atoms with van der Waals surface area (Å²) in [6, 6.07) is 18.2. The number of rotatable bonds is 5. The zero-order valence-corrected chi connectivity index (χ0v) is 17.8. The molecule has 0 saturated heterocycles. The van der Waals surface area contributed by atoms with Gasteiger partial charge in [0.05, 0.1) is 10.5 Å². The van der Waals surface area contributed by atoms with Gasteiger partial charge in [0.25, 0.3) is 5.69 Å². The summed E-state index contributed by atoms with van der Waals surface area (Å²) < 4.78 is 10.6. The molecule has 0 fully saturated rings. The molecule has 0 spiro atoms. The fraction of sp³-hybridized carbons (Fsp3) is 0.0800. The van der Waals surface area contributed by atoms with E-state index in [1.54, 1.807) is 49.4 Å². The number of benzene rings is 3. The monoisotopic (exact) mass is 442 g/mol. The fourth-order valence-corrected chi connectivity index (χ4v) is 3.33. The van der Waals surface area contributed by atoms with E-state index in [0.29, 0.717) is 28.0 Å². The molecular weight excluding hydrogens is 424 g/mol. The zero-order chi connectivity index (χ0) is 23.5. The van der Waals surface area contributed by atoms with Crippen LogP contribution in [0.3, 0.4) is 0 Å². The van der Waals surface area contributed by atoms with Gasteiger partial charge in [0.1, 0.15) is 5.75 Å². The van der Waals surface area contributed by atoms with E-state index in [1.807, 2.05) is 19.1 Å². The Morgan fingerprint density at radius 1 is 1.03 bits per heavy atom. The van der Waals surface area contributed by atoms with Crippen LogP contribution in [0.25, 0.3) is 6.08 Å².